The van der Waals surface area contributed by atoms with Gasteiger partial charge in [0.2, 0.25) is 0 Å². The number of hydrogen-bond donors (Lipinski definition) is 0. The molecule has 0 bridgehead atoms. The SMILES string of the molecule is CCOCc1cc(C(=O)N(C)Cc2cc(Cl)ccc2OC)ccc1OC. The molecule has 0 radical (unpaired) electrons. The van der Waals surface area contributed by atoms with E-state index in [1.54, 1.807) is 56.5 Å². The van der Waals surface area contributed by atoms with Crippen molar-refractivity contribution >= 4 is 17.5 Å². The van der Waals surface area contributed by atoms with Gasteiger partial charge in [0.05, 0.1) is 20.8 Å². The maximum absolute atomic E-state index is 12.8. The number of carbonyl (C=O) groups is 1. The van der Waals surface area contributed by atoms with Gasteiger partial charge in [-0.2, -0.15) is 0 Å². The Labute approximate surface area is 159 Å². The zero-order valence-electron chi connectivity index (χ0n) is 15.5. The molecule has 0 aliphatic carbocycles. The standard InChI is InChI=1S/C20H24ClNO4/c1-5-26-13-16-10-14(6-8-19(16)25-4)20(23)22(2)12-15-11-17(21)7-9-18(15)24-3/h6-11H,5,12-13H2,1-4H3. The maximum Gasteiger partial charge on any atom is 0.253 e. The van der Waals surface area contributed by atoms with E-state index in [1.807, 2.05) is 13.0 Å². The van der Waals surface area contributed by atoms with E-state index in [9.17, 15) is 4.79 Å². The lowest BCUT2D eigenvalue weighted by molar-refractivity contribution is 0.0783. The van der Waals surface area contributed by atoms with Gasteiger partial charge in [0.1, 0.15) is 11.5 Å². The van der Waals surface area contributed by atoms with Gasteiger partial charge >= 0.3 is 0 Å². The lowest BCUT2D eigenvalue weighted by atomic mass is 10.1. The van der Waals surface area contributed by atoms with Crippen molar-refractivity contribution < 1.29 is 19.0 Å². The maximum atomic E-state index is 12.8. The smallest absolute Gasteiger partial charge is 0.253 e. The molecule has 0 saturated heterocycles. The molecule has 0 spiro atoms. The topological polar surface area (TPSA) is 48.0 Å². The minimum absolute atomic E-state index is 0.104. The van der Waals surface area contributed by atoms with Crippen LogP contribution in [0.3, 0.4) is 0 Å². The summed E-state index contributed by atoms with van der Waals surface area (Å²) in [7, 11) is 4.94. The first-order valence-electron chi connectivity index (χ1n) is 8.32. The fourth-order valence-electron chi connectivity index (χ4n) is 2.65. The third-order valence-corrected chi connectivity index (χ3v) is 4.22. The molecule has 0 aliphatic heterocycles. The largest absolute Gasteiger partial charge is 0.496 e. The molecule has 0 saturated carbocycles. The van der Waals surface area contributed by atoms with Crippen molar-refractivity contribution in [3.8, 4) is 11.5 Å². The molecule has 26 heavy (non-hydrogen) atoms. The third-order valence-electron chi connectivity index (χ3n) is 3.99. The normalized spacial score (nSPS) is 10.5. The first-order chi connectivity index (χ1) is 12.5. The van der Waals surface area contributed by atoms with Gasteiger partial charge in [0.15, 0.2) is 0 Å². The second-order valence-electron chi connectivity index (χ2n) is 5.78. The summed E-state index contributed by atoms with van der Waals surface area (Å²) < 4.78 is 16.2. The summed E-state index contributed by atoms with van der Waals surface area (Å²) in [4.78, 5) is 14.5. The molecule has 0 fully saturated rings. The number of carbonyl (C=O) groups excluding carboxylic acids is 1. The zero-order valence-corrected chi connectivity index (χ0v) is 16.3. The second kappa shape index (κ2) is 9.46. The molecular formula is C20H24ClNO4. The molecule has 5 nitrogen and oxygen atoms in total. The predicted octanol–water partition coefficient (Wildman–Crippen LogP) is 4.17. The van der Waals surface area contributed by atoms with Crippen LogP contribution in [-0.2, 0) is 17.9 Å². The van der Waals surface area contributed by atoms with Crippen molar-refractivity contribution in [3.05, 3.63) is 58.1 Å². The number of rotatable bonds is 8. The van der Waals surface area contributed by atoms with E-state index in [0.717, 1.165) is 11.1 Å². The monoisotopic (exact) mass is 377 g/mol. The Morgan fingerprint density at radius 3 is 2.35 bits per heavy atom. The quantitative estimate of drug-likeness (QED) is 0.692. The summed E-state index contributed by atoms with van der Waals surface area (Å²) in [6, 6.07) is 10.7. The molecule has 0 atom stereocenters. The Bertz CT molecular complexity index is 763. The number of ether oxygens (including phenoxy) is 3. The van der Waals surface area contributed by atoms with E-state index < -0.39 is 0 Å². The number of nitrogens with zero attached hydrogens (tertiary/aromatic N) is 1. The summed E-state index contributed by atoms with van der Waals surface area (Å²) in [5.41, 5.74) is 2.26. The van der Waals surface area contributed by atoms with E-state index in [4.69, 9.17) is 25.8 Å². The highest BCUT2D eigenvalue weighted by Crippen LogP contribution is 2.25. The van der Waals surface area contributed by atoms with Gasteiger partial charge in [0.25, 0.3) is 5.91 Å². The molecule has 0 aliphatic rings. The van der Waals surface area contributed by atoms with Crippen LogP contribution in [0, 0.1) is 0 Å². The third kappa shape index (κ3) is 4.90. The fraction of sp³-hybridized carbons (Fsp3) is 0.350. The molecule has 6 heteroatoms. The van der Waals surface area contributed by atoms with Crippen molar-refractivity contribution in [2.24, 2.45) is 0 Å². The summed E-state index contributed by atoms with van der Waals surface area (Å²) >= 11 is 6.07. The van der Waals surface area contributed by atoms with Crippen LogP contribution >= 0.6 is 11.6 Å². The van der Waals surface area contributed by atoms with Crippen LogP contribution in [-0.4, -0.2) is 38.7 Å². The first kappa shape index (κ1) is 20.1. The highest BCUT2D eigenvalue weighted by atomic mass is 35.5. The van der Waals surface area contributed by atoms with Gasteiger partial charge < -0.3 is 19.1 Å². The van der Waals surface area contributed by atoms with Crippen LogP contribution in [0.25, 0.3) is 0 Å². The summed E-state index contributed by atoms with van der Waals surface area (Å²) in [5, 5.41) is 0.602. The van der Waals surface area contributed by atoms with Crippen molar-refractivity contribution in [1.29, 1.82) is 0 Å². The fourth-order valence-corrected chi connectivity index (χ4v) is 2.85. The molecule has 0 unspecified atom stereocenters. The van der Waals surface area contributed by atoms with Gasteiger partial charge in [-0.3, -0.25) is 4.79 Å². The molecule has 1 amide bonds. The van der Waals surface area contributed by atoms with Gasteiger partial charge in [0, 0.05) is 41.9 Å². The minimum atomic E-state index is -0.104. The Kier molecular flexibility index (Phi) is 7.30. The lowest BCUT2D eigenvalue weighted by Gasteiger charge is -2.20. The highest BCUT2D eigenvalue weighted by molar-refractivity contribution is 6.30. The first-order valence-corrected chi connectivity index (χ1v) is 8.70. The minimum Gasteiger partial charge on any atom is -0.496 e. The molecule has 2 aromatic carbocycles. The average Bonchev–Trinajstić information content (AvgIpc) is 2.65. The molecule has 0 aromatic heterocycles. The van der Waals surface area contributed by atoms with Crippen molar-refractivity contribution in [2.45, 2.75) is 20.1 Å². The second-order valence-corrected chi connectivity index (χ2v) is 6.22. The summed E-state index contributed by atoms with van der Waals surface area (Å²) in [6.07, 6.45) is 0. The Morgan fingerprint density at radius 2 is 1.69 bits per heavy atom. The number of halogens is 1. The van der Waals surface area contributed by atoms with E-state index in [2.05, 4.69) is 0 Å². The van der Waals surface area contributed by atoms with Crippen molar-refractivity contribution in [3.63, 3.8) is 0 Å². The Hall–Kier alpha value is -2.24. The molecule has 140 valence electrons. The van der Waals surface area contributed by atoms with E-state index >= 15 is 0 Å². The highest BCUT2D eigenvalue weighted by Gasteiger charge is 2.16. The summed E-state index contributed by atoms with van der Waals surface area (Å²) in [6.45, 7) is 3.30. The van der Waals surface area contributed by atoms with Gasteiger partial charge in [-0.15, -0.1) is 0 Å². The van der Waals surface area contributed by atoms with Crippen molar-refractivity contribution in [1.82, 2.24) is 4.90 Å². The van der Waals surface area contributed by atoms with Crippen LogP contribution in [0.5, 0.6) is 11.5 Å². The predicted molar refractivity (Wildman–Crippen MR) is 102 cm³/mol. The lowest BCUT2D eigenvalue weighted by Crippen LogP contribution is -2.26. The zero-order chi connectivity index (χ0) is 19.1. The van der Waals surface area contributed by atoms with Crippen LogP contribution in [0.2, 0.25) is 5.02 Å². The van der Waals surface area contributed by atoms with Gasteiger partial charge in [-0.1, -0.05) is 11.6 Å². The summed E-state index contributed by atoms with van der Waals surface area (Å²) in [5.74, 6) is 1.29. The molecule has 2 aromatic rings. The van der Waals surface area contributed by atoms with Crippen LogP contribution < -0.4 is 9.47 Å². The van der Waals surface area contributed by atoms with Crippen LogP contribution in [0.4, 0.5) is 0 Å². The Balaban J connectivity index is 2.21. The van der Waals surface area contributed by atoms with Crippen LogP contribution in [0.15, 0.2) is 36.4 Å². The molecule has 0 N–H and O–H groups in total. The van der Waals surface area contributed by atoms with E-state index in [-0.39, 0.29) is 5.91 Å². The van der Waals surface area contributed by atoms with Gasteiger partial charge in [-0.05, 0) is 43.3 Å². The van der Waals surface area contributed by atoms with E-state index in [0.29, 0.717) is 41.8 Å². The number of benzene rings is 2. The number of methoxy groups -OCH3 is 2. The van der Waals surface area contributed by atoms with Crippen LogP contribution in [0.1, 0.15) is 28.4 Å². The number of hydrogen-bond acceptors (Lipinski definition) is 4. The molecule has 0 heterocycles. The van der Waals surface area contributed by atoms with E-state index in [1.165, 1.54) is 0 Å². The molecular weight excluding hydrogens is 354 g/mol. The van der Waals surface area contributed by atoms with Crippen molar-refractivity contribution in [2.75, 3.05) is 27.9 Å². The Morgan fingerprint density at radius 1 is 1.04 bits per heavy atom. The average molecular weight is 378 g/mol. The van der Waals surface area contributed by atoms with Gasteiger partial charge in [-0.25, -0.2) is 0 Å². The molecule has 2 rings (SSSR count). The number of amides is 1.